The van der Waals surface area contributed by atoms with E-state index in [-0.39, 0.29) is 23.7 Å². The van der Waals surface area contributed by atoms with Crippen LogP contribution in [0.1, 0.15) is 72.0 Å². The maximum atomic E-state index is 13.2. The van der Waals surface area contributed by atoms with Gasteiger partial charge in [-0.25, -0.2) is 4.98 Å². The molecule has 0 unspecified atom stereocenters. The first-order valence-electron chi connectivity index (χ1n) is 11.8. The second-order valence-corrected chi connectivity index (χ2v) is 9.80. The van der Waals surface area contributed by atoms with Gasteiger partial charge in [0.1, 0.15) is 11.4 Å². The number of halogens is 3. The number of hydrogen-bond acceptors (Lipinski definition) is 5. The zero-order valence-electron chi connectivity index (χ0n) is 20.6. The molecule has 0 bridgehead atoms. The van der Waals surface area contributed by atoms with Crippen molar-refractivity contribution in [3.8, 4) is 5.75 Å². The molecule has 4 heterocycles. The minimum absolute atomic E-state index is 0.00331. The number of rotatable bonds is 4. The van der Waals surface area contributed by atoms with E-state index in [1.165, 1.54) is 6.07 Å². The fraction of sp³-hybridized carbons (Fsp3) is 0.560. The maximum Gasteiger partial charge on any atom is 0.456 e. The molecule has 2 aliphatic heterocycles. The normalized spacial score (nSPS) is 20.3. The Morgan fingerprint density at radius 3 is 2.37 bits per heavy atom. The van der Waals surface area contributed by atoms with Crippen LogP contribution in [0.2, 0.25) is 0 Å². The summed E-state index contributed by atoms with van der Waals surface area (Å²) in [5, 5.41) is 0. The van der Waals surface area contributed by atoms with E-state index >= 15 is 0 Å². The Kier molecular flexibility index (Phi) is 6.46. The lowest BCUT2D eigenvalue weighted by Crippen LogP contribution is -2.57. The van der Waals surface area contributed by atoms with Gasteiger partial charge in [-0.15, -0.1) is 0 Å². The monoisotopic (exact) mass is 492 g/mol. The number of carbonyl (C=O) groups is 2. The molecule has 2 aromatic rings. The summed E-state index contributed by atoms with van der Waals surface area (Å²) in [6.45, 7) is 8.82. The number of likely N-dealkylation sites (tertiary alicyclic amines) is 1. The third-order valence-electron chi connectivity index (χ3n) is 7.09. The SMILES string of the molecule is Cc1nc(C(=O)N2CCC3(CC2)c2ccc(C(=O)C(F)(F)F)n2[C@H](C)CN3C)ccc1OC(C)C. The highest BCUT2D eigenvalue weighted by Crippen LogP contribution is 2.44. The zero-order chi connectivity index (χ0) is 25.7. The molecule has 1 atom stereocenters. The third-order valence-corrected chi connectivity index (χ3v) is 7.09. The Morgan fingerprint density at radius 1 is 1.14 bits per heavy atom. The van der Waals surface area contributed by atoms with Crippen molar-refractivity contribution < 1.29 is 27.5 Å². The van der Waals surface area contributed by atoms with Crippen LogP contribution in [0.5, 0.6) is 5.75 Å². The topological polar surface area (TPSA) is 67.7 Å². The number of nitrogens with zero attached hydrogens (tertiary/aromatic N) is 4. The molecule has 7 nitrogen and oxygen atoms in total. The Morgan fingerprint density at radius 2 is 1.80 bits per heavy atom. The number of ketones is 1. The molecule has 35 heavy (non-hydrogen) atoms. The van der Waals surface area contributed by atoms with E-state index in [0.717, 1.165) is 0 Å². The molecular weight excluding hydrogens is 461 g/mol. The molecule has 4 rings (SSSR count). The summed E-state index contributed by atoms with van der Waals surface area (Å²) in [6, 6.07) is 6.06. The number of carbonyl (C=O) groups excluding carboxylic acids is 2. The first-order chi connectivity index (χ1) is 16.3. The average molecular weight is 493 g/mol. The lowest BCUT2D eigenvalue weighted by atomic mass is 9.80. The number of amides is 1. The van der Waals surface area contributed by atoms with Crippen molar-refractivity contribution >= 4 is 11.7 Å². The quantitative estimate of drug-likeness (QED) is 0.594. The van der Waals surface area contributed by atoms with Gasteiger partial charge in [0.15, 0.2) is 0 Å². The Labute approximate surface area is 202 Å². The van der Waals surface area contributed by atoms with Gasteiger partial charge in [0.05, 0.1) is 23.0 Å². The number of piperidine rings is 1. The lowest BCUT2D eigenvalue weighted by Gasteiger charge is -2.52. The van der Waals surface area contributed by atoms with Crippen LogP contribution in [0.15, 0.2) is 24.3 Å². The van der Waals surface area contributed by atoms with Crippen molar-refractivity contribution in [1.82, 2.24) is 19.4 Å². The molecule has 1 fully saturated rings. The summed E-state index contributed by atoms with van der Waals surface area (Å²) in [7, 11) is 1.95. The Bertz CT molecular complexity index is 1130. The van der Waals surface area contributed by atoms with E-state index in [1.54, 1.807) is 34.6 Å². The Hall–Kier alpha value is -2.88. The molecule has 0 aliphatic carbocycles. The van der Waals surface area contributed by atoms with Crippen LogP contribution in [-0.4, -0.2) is 70.0 Å². The second kappa shape index (κ2) is 8.96. The molecule has 1 amide bonds. The van der Waals surface area contributed by atoms with Gasteiger partial charge >= 0.3 is 6.18 Å². The van der Waals surface area contributed by atoms with E-state index in [4.69, 9.17) is 4.74 Å². The van der Waals surface area contributed by atoms with Crippen molar-refractivity contribution in [2.24, 2.45) is 0 Å². The minimum Gasteiger partial charge on any atom is -0.489 e. The number of aryl methyl sites for hydroxylation is 1. The smallest absolute Gasteiger partial charge is 0.456 e. The van der Waals surface area contributed by atoms with Crippen molar-refractivity contribution in [3.05, 3.63) is 47.0 Å². The van der Waals surface area contributed by atoms with E-state index in [9.17, 15) is 22.8 Å². The number of Topliss-reactive ketones (excluding diaryl/α,β-unsaturated/α-hetero) is 1. The number of hydrogen-bond donors (Lipinski definition) is 0. The highest BCUT2D eigenvalue weighted by atomic mass is 19.4. The van der Waals surface area contributed by atoms with Crippen molar-refractivity contribution in [3.63, 3.8) is 0 Å². The van der Waals surface area contributed by atoms with Gasteiger partial charge in [-0.1, -0.05) is 0 Å². The molecule has 1 spiro atoms. The van der Waals surface area contributed by atoms with Crippen molar-refractivity contribution in [1.29, 1.82) is 0 Å². The van der Waals surface area contributed by atoms with Gasteiger partial charge in [-0.2, -0.15) is 13.2 Å². The predicted molar refractivity (Wildman–Crippen MR) is 124 cm³/mol. The summed E-state index contributed by atoms with van der Waals surface area (Å²) in [5.74, 6) is -1.37. The van der Waals surface area contributed by atoms with E-state index in [2.05, 4.69) is 9.88 Å². The molecule has 1 saturated heterocycles. The molecule has 10 heteroatoms. The number of alkyl halides is 3. The summed E-state index contributed by atoms with van der Waals surface area (Å²) in [6.07, 6.45) is -3.85. The number of likely N-dealkylation sites (N-methyl/N-ethyl adjacent to an activating group) is 1. The highest BCUT2D eigenvalue weighted by molar-refractivity contribution is 5.99. The molecule has 0 N–H and O–H groups in total. The highest BCUT2D eigenvalue weighted by Gasteiger charge is 2.49. The maximum absolute atomic E-state index is 13.2. The number of aromatic nitrogens is 2. The molecule has 2 aliphatic rings. The molecule has 2 aromatic heterocycles. The second-order valence-electron chi connectivity index (χ2n) is 9.80. The molecular formula is C25H31F3N4O3. The molecule has 0 saturated carbocycles. The molecule has 0 radical (unpaired) electrons. The largest absolute Gasteiger partial charge is 0.489 e. The van der Waals surface area contributed by atoms with Crippen LogP contribution in [0.3, 0.4) is 0 Å². The number of fused-ring (bicyclic) bond motifs is 2. The van der Waals surface area contributed by atoms with E-state index < -0.39 is 17.5 Å². The van der Waals surface area contributed by atoms with Crippen LogP contribution in [0.4, 0.5) is 13.2 Å². The van der Waals surface area contributed by atoms with Gasteiger partial charge in [0.25, 0.3) is 11.7 Å². The standard InChI is InChI=1S/C25H31F3N4O3/c1-15(2)35-20-8-6-18(29-17(20)4)23(34)31-12-10-24(11-13-31)21-9-7-19(22(33)25(26,27)28)32(21)16(3)14-30(24)5/h6-9,15-16H,10-14H2,1-5H3/t16-/m1/s1. The molecule has 190 valence electrons. The summed E-state index contributed by atoms with van der Waals surface area (Å²) >= 11 is 0. The number of pyridine rings is 1. The fourth-order valence-corrected chi connectivity index (χ4v) is 5.41. The predicted octanol–water partition coefficient (Wildman–Crippen LogP) is 4.36. The first-order valence-corrected chi connectivity index (χ1v) is 11.8. The van der Waals surface area contributed by atoms with Crippen molar-refractivity contribution in [2.45, 2.75) is 64.4 Å². The fourth-order valence-electron chi connectivity index (χ4n) is 5.41. The van der Waals surface area contributed by atoms with Crippen LogP contribution in [0, 0.1) is 6.92 Å². The van der Waals surface area contributed by atoms with Gasteiger partial charge < -0.3 is 14.2 Å². The summed E-state index contributed by atoms with van der Waals surface area (Å²) in [5.41, 5.74) is 0.795. The van der Waals surface area contributed by atoms with Gasteiger partial charge in [-0.3, -0.25) is 14.5 Å². The summed E-state index contributed by atoms with van der Waals surface area (Å²) < 4.78 is 46.9. The van der Waals surface area contributed by atoms with E-state index in [0.29, 0.717) is 55.3 Å². The minimum atomic E-state index is -4.93. The average Bonchev–Trinajstić information content (AvgIpc) is 3.24. The lowest BCUT2D eigenvalue weighted by molar-refractivity contribution is -0.0894. The summed E-state index contributed by atoms with van der Waals surface area (Å²) in [4.78, 5) is 33.6. The van der Waals surface area contributed by atoms with Gasteiger partial charge in [-0.05, 0) is 71.8 Å². The number of ether oxygens (including phenoxy) is 1. The van der Waals surface area contributed by atoms with Gasteiger partial charge in [0.2, 0.25) is 0 Å². The van der Waals surface area contributed by atoms with Crippen LogP contribution in [-0.2, 0) is 5.54 Å². The first kappa shape index (κ1) is 25.2. The third kappa shape index (κ3) is 4.44. The van der Waals surface area contributed by atoms with E-state index in [1.807, 2.05) is 27.8 Å². The van der Waals surface area contributed by atoms with Crippen LogP contribution >= 0.6 is 0 Å². The molecule has 0 aromatic carbocycles. The van der Waals surface area contributed by atoms with Crippen LogP contribution < -0.4 is 4.74 Å². The van der Waals surface area contributed by atoms with Crippen LogP contribution in [0.25, 0.3) is 0 Å². The Balaban J connectivity index is 1.56. The van der Waals surface area contributed by atoms with Gasteiger partial charge in [0, 0.05) is 31.4 Å². The zero-order valence-corrected chi connectivity index (χ0v) is 20.6. The van der Waals surface area contributed by atoms with Crippen molar-refractivity contribution in [2.75, 3.05) is 26.7 Å².